The number of likely N-dealkylation sites (tertiary alicyclic amines) is 1. The van der Waals surface area contributed by atoms with Crippen LogP contribution in [0.2, 0.25) is 0 Å². The Bertz CT molecular complexity index is 720. The van der Waals surface area contributed by atoms with E-state index in [2.05, 4.69) is 26.8 Å². The zero-order chi connectivity index (χ0) is 18.1. The van der Waals surface area contributed by atoms with Gasteiger partial charge in [0.2, 0.25) is 11.8 Å². The molecule has 8 nitrogen and oxygen atoms in total. The summed E-state index contributed by atoms with van der Waals surface area (Å²) in [5.41, 5.74) is 4.90. The van der Waals surface area contributed by atoms with Crippen molar-refractivity contribution in [3.8, 4) is 0 Å². The van der Waals surface area contributed by atoms with Crippen LogP contribution in [0.3, 0.4) is 0 Å². The van der Waals surface area contributed by atoms with Crippen LogP contribution in [-0.2, 0) is 21.4 Å². The van der Waals surface area contributed by atoms with Crippen molar-refractivity contribution >= 4 is 39.6 Å². The summed E-state index contributed by atoms with van der Waals surface area (Å²) in [6, 6.07) is 1.61. The van der Waals surface area contributed by atoms with Gasteiger partial charge in [-0.1, -0.05) is 12.8 Å². The molecule has 1 saturated heterocycles. The molecule has 3 rings (SSSR count). The molecule has 2 fully saturated rings. The van der Waals surface area contributed by atoms with Crippen LogP contribution in [0.1, 0.15) is 36.2 Å². The van der Waals surface area contributed by atoms with Crippen LogP contribution in [0, 0.1) is 11.8 Å². The molecule has 1 saturated carbocycles. The fourth-order valence-electron chi connectivity index (χ4n) is 3.51. The normalized spacial score (nSPS) is 22.7. The Hall–Kier alpha value is -2.16. The summed E-state index contributed by atoms with van der Waals surface area (Å²) in [6.07, 6.45) is 4.98. The Kier molecular flexibility index (Phi) is 4.94. The molecule has 134 valence electrons. The maximum atomic E-state index is 12.3. The van der Waals surface area contributed by atoms with E-state index in [0.717, 1.165) is 22.2 Å². The fraction of sp³-hybridized carbons (Fsp3) is 0.500. The van der Waals surface area contributed by atoms with E-state index < -0.39 is 11.8 Å². The first kappa shape index (κ1) is 17.7. The number of nitrogens with one attached hydrogen (secondary N) is 2. The molecule has 2 unspecified atom stereocenters. The van der Waals surface area contributed by atoms with Gasteiger partial charge in [-0.2, -0.15) is 0 Å². The van der Waals surface area contributed by atoms with Crippen molar-refractivity contribution < 1.29 is 19.2 Å². The van der Waals surface area contributed by atoms with Gasteiger partial charge in [0.15, 0.2) is 0 Å². The molecule has 1 aromatic rings. The molecule has 0 aromatic carbocycles. The van der Waals surface area contributed by atoms with Gasteiger partial charge in [0.1, 0.15) is 12.2 Å². The predicted molar refractivity (Wildman–Crippen MR) is 90.9 cm³/mol. The van der Waals surface area contributed by atoms with E-state index in [-0.39, 0.29) is 30.2 Å². The zero-order valence-electron chi connectivity index (χ0n) is 13.8. The molecule has 2 heterocycles. The summed E-state index contributed by atoms with van der Waals surface area (Å²) < 4.78 is 2.34. The number of carbonyl (C=O) groups is 4. The lowest BCUT2D eigenvalue weighted by molar-refractivity contribution is -0.143. The number of aryl methyl sites for hydroxylation is 1. The molecule has 2 N–H and O–H groups in total. The summed E-state index contributed by atoms with van der Waals surface area (Å²) >= 11 is 3.26. The van der Waals surface area contributed by atoms with E-state index in [9.17, 15) is 19.2 Å². The van der Waals surface area contributed by atoms with Crippen LogP contribution in [0.25, 0.3) is 0 Å². The SMILES string of the molecule is Cn1cc(Br)cc1C(=O)NNC(=O)CN1C(=O)C2CCCCC2C1=O. The molecule has 0 spiro atoms. The van der Waals surface area contributed by atoms with E-state index in [1.807, 2.05) is 0 Å². The molecule has 0 bridgehead atoms. The predicted octanol–water partition coefficient (Wildman–Crippen LogP) is 0.724. The van der Waals surface area contributed by atoms with Crippen LogP contribution >= 0.6 is 15.9 Å². The number of rotatable bonds is 3. The summed E-state index contributed by atoms with van der Waals surface area (Å²) in [5.74, 6) is -2.23. The summed E-state index contributed by atoms with van der Waals surface area (Å²) in [5, 5.41) is 0. The van der Waals surface area contributed by atoms with Crippen molar-refractivity contribution in [1.82, 2.24) is 20.3 Å². The maximum absolute atomic E-state index is 12.3. The number of halogens is 1. The number of carbonyl (C=O) groups excluding carboxylic acids is 4. The second-order valence-corrected chi connectivity index (χ2v) is 7.33. The van der Waals surface area contributed by atoms with E-state index in [4.69, 9.17) is 0 Å². The highest BCUT2D eigenvalue weighted by molar-refractivity contribution is 9.10. The van der Waals surface area contributed by atoms with Gasteiger partial charge >= 0.3 is 0 Å². The van der Waals surface area contributed by atoms with Crippen LogP contribution in [-0.4, -0.2) is 39.6 Å². The number of hydrogen-bond acceptors (Lipinski definition) is 4. The molecular formula is C16H19BrN4O4. The average Bonchev–Trinajstić information content (AvgIpc) is 3.05. The third kappa shape index (κ3) is 3.46. The lowest BCUT2D eigenvalue weighted by Crippen LogP contribution is -2.48. The molecule has 1 aromatic heterocycles. The second-order valence-electron chi connectivity index (χ2n) is 6.42. The smallest absolute Gasteiger partial charge is 0.286 e. The molecular weight excluding hydrogens is 392 g/mol. The summed E-state index contributed by atoms with van der Waals surface area (Å²) in [4.78, 5) is 49.7. The number of nitrogens with zero attached hydrogens (tertiary/aromatic N) is 2. The standard InChI is InChI=1S/C16H19BrN4O4/c1-20-7-9(17)6-12(20)14(23)19-18-13(22)8-21-15(24)10-4-2-3-5-11(10)16(21)25/h6-7,10-11H,2-5,8H2,1H3,(H,18,22)(H,19,23). The van der Waals surface area contributed by atoms with Gasteiger partial charge in [0.05, 0.1) is 11.8 Å². The molecule has 1 aliphatic carbocycles. The Morgan fingerprint density at radius 1 is 1.16 bits per heavy atom. The molecule has 25 heavy (non-hydrogen) atoms. The van der Waals surface area contributed by atoms with Crippen LogP contribution in [0.5, 0.6) is 0 Å². The van der Waals surface area contributed by atoms with Crippen molar-refractivity contribution in [3.63, 3.8) is 0 Å². The van der Waals surface area contributed by atoms with Crippen molar-refractivity contribution in [3.05, 3.63) is 22.4 Å². The third-order valence-corrected chi connectivity index (χ3v) is 5.19. The maximum Gasteiger partial charge on any atom is 0.286 e. The zero-order valence-corrected chi connectivity index (χ0v) is 15.3. The highest BCUT2D eigenvalue weighted by Gasteiger charge is 2.48. The second kappa shape index (κ2) is 6.99. The van der Waals surface area contributed by atoms with Gasteiger partial charge in [-0.3, -0.25) is 34.9 Å². The van der Waals surface area contributed by atoms with Crippen LogP contribution < -0.4 is 10.9 Å². The third-order valence-electron chi connectivity index (χ3n) is 4.75. The quantitative estimate of drug-likeness (QED) is 0.566. The highest BCUT2D eigenvalue weighted by Crippen LogP contribution is 2.37. The molecule has 0 radical (unpaired) electrons. The Morgan fingerprint density at radius 3 is 2.28 bits per heavy atom. The van der Waals surface area contributed by atoms with Gasteiger partial charge in [0, 0.05) is 17.7 Å². The van der Waals surface area contributed by atoms with E-state index in [0.29, 0.717) is 18.5 Å². The first-order valence-corrected chi connectivity index (χ1v) is 8.94. The minimum Gasteiger partial charge on any atom is -0.345 e. The topological polar surface area (TPSA) is 101 Å². The number of aromatic nitrogens is 1. The van der Waals surface area contributed by atoms with Gasteiger partial charge in [-0.25, -0.2) is 0 Å². The Morgan fingerprint density at radius 2 is 1.76 bits per heavy atom. The molecule has 9 heteroatoms. The highest BCUT2D eigenvalue weighted by atomic mass is 79.9. The Balaban J connectivity index is 1.56. The average molecular weight is 411 g/mol. The molecule has 1 aliphatic heterocycles. The van der Waals surface area contributed by atoms with E-state index >= 15 is 0 Å². The molecule has 2 atom stereocenters. The monoisotopic (exact) mass is 410 g/mol. The van der Waals surface area contributed by atoms with Crippen molar-refractivity contribution in [2.75, 3.05) is 6.54 Å². The van der Waals surface area contributed by atoms with Crippen molar-refractivity contribution in [2.45, 2.75) is 25.7 Å². The first-order valence-electron chi connectivity index (χ1n) is 8.14. The van der Waals surface area contributed by atoms with E-state index in [1.54, 1.807) is 23.9 Å². The van der Waals surface area contributed by atoms with Crippen LogP contribution in [0.4, 0.5) is 0 Å². The molecule has 4 amide bonds. The van der Waals surface area contributed by atoms with Gasteiger partial charge in [0.25, 0.3) is 11.8 Å². The van der Waals surface area contributed by atoms with Gasteiger partial charge in [-0.15, -0.1) is 0 Å². The fourth-order valence-corrected chi connectivity index (χ4v) is 4.03. The first-order chi connectivity index (χ1) is 11.9. The summed E-state index contributed by atoms with van der Waals surface area (Å²) in [7, 11) is 1.70. The summed E-state index contributed by atoms with van der Waals surface area (Å²) in [6.45, 7) is -0.373. The number of hydrazine groups is 1. The van der Waals surface area contributed by atoms with Crippen LogP contribution in [0.15, 0.2) is 16.7 Å². The Labute approximate surface area is 153 Å². The van der Waals surface area contributed by atoms with E-state index in [1.165, 1.54) is 0 Å². The molecule has 2 aliphatic rings. The largest absolute Gasteiger partial charge is 0.345 e. The minimum absolute atomic E-state index is 0.275. The van der Waals surface area contributed by atoms with Gasteiger partial charge in [-0.05, 0) is 34.8 Å². The van der Waals surface area contributed by atoms with Crippen molar-refractivity contribution in [1.29, 1.82) is 0 Å². The number of imide groups is 1. The minimum atomic E-state index is -0.609. The lowest BCUT2D eigenvalue weighted by atomic mass is 9.81. The van der Waals surface area contributed by atoms with Gasteiger partial charge < -0.3 is 4.57 Å². The lowest BCUT2D eigenvalue weighted by Gasteiger charge is -2.19. The number of amides is 4. The van der Waals surface area contributed by atoms with Crippen molar-refractivity contribution in [2.24, 2.45) is 18.9 Å². The number of hydrogen-bond donors (Lipinski definition) is 2. The number of fused-ring (bicyclic) bond motifs is 1.